The molecule has 0 amide bonds. The zero-order chi connectivity index (χ0) is 18.6. The van der Waals surface area contributed by atoms with Gasteiger partial charge >= 0.3 is 0 Å². The van der Waals surface area contributed by atoms with Crippen LogP contribution in [0.1, 0.15) is 6.42 Å². The largest absolute Gasteiger partial charge is 0.494 e. The quantitative estimate of drug-likeness (QED) is 0.581. The van der Waals surface area contributed by atoms with Crippen LogP contribution in [0.3, 0.4) is 0 Å². The minimum Gasteiger partial charge on any atom is -0.494 e. The predicted octanol–water partition coefficient (Wildman–Crippen LogP) is 4.60. The summed E-state index contributed by atoms with van der Waals surface area (Å²) in [5.41, 5.74) is 3.30. The van der Waals surface area contributed by atoms with Crippen molar-refractivity contribution in [2.24, 2.45) is 7.05 Å². The molecule has 3 aromatic rings. The number of morpholine rings is 1. The zero-order valence-corrected chi connectivity index (χ0v) is 16.4. The maximum Gasteiger partial charge on any atom is 0.119 e. The van der Waals surface area contributed by atoms with Crippen molar-refractivity contribution in [1.82, 2.24) is 9.47 Å². The van der Waals surface area contributed by atoms with Gasteiger partial charge in [-0.3, -0.25) is 4.90 Å². The third-order valence-corrected chi connectivity index (χ3v) is 5.44. The number of aromatic nitrogens is 1. The molecule has 1 aliphatic heterocycles. The lowest BCUT2D eigenvalue weighted by atomic mass is 10.0. The highest BCUT2D eigenvalue weighted by Gasteiger charge is 2.10. The van der Waals surface area contributed by atoms with Gasteiger partial charge in [-0.15, -0.1) is 0 Å². The Morgan fingerprint density at radius 3 is 2.63 bits per heavy atom. The molecule has 4 rings (SSSR count). The Labute approximate surface area is 165 Å². The van der Waals surface area contributed by atoms with Crippen LogP contribution >= 0.6 is 11.6 Å². The third kappa shape index (κ3) is 4.29. The Balaban J connectivity index is 1.36. The van der Waals surface area contributed by atoms with E-state index in [0.717, 1.165) is 73.3 Å². The van der Waals surface area contributed by atoms with E-state index in [1.165, 1.54) is 5.39 Å². The van der Waals surface area contributed by atoms with Crippen LogP contribution in [-0.2, 0) is 11.8 Å². The van der Waals surface area contributed by atoms with E-state index in [0.29, 0.717) is 0 Å². The number of hydrogen-bond donors (Lipinski definition) is 0. The van der Waals surface area contributed by atoms with Crippen molar-refractivity contribution >= 4 is 22.5 Å². The molecule has 0 bridgehead atoms. The Hall–Kier alpha value is -2.01. The first-order chi connectivity index (χ1) is 13.2. The average Bonchev–Trinajstić information content (AvgIpc) is 3.06. The maximum absolute atomic E-state index is 6.52. The number of fused-ring (bicyclic) bond motifs is 1. The Bertz CT molecular complexity index is 899. The van der Waals surface area contributed by atoms with Crippen molar-refractivity contribution in [2.75, 3.05) is 39.5 Å². The van der Waals surface area contributed by atoms with Gasteiger partial charge in [0.25, 0.3) is 0 Å². The second-order valence-corrected chi connectivity index (χ2v) is 7.41. The van der Waals surface area contributed by atoms with Gasteiger partial charge in [-0.2, -0.15) is 0 Å². The first-order valence-corrected chi connectivity index (χ1v) is 9.86. The predicted molar refractivity (Wildman–Crippen MR) is 111 cm³/mol. The summed E-state index contributed by atoms with van der Waals surface area (Å²) in [6.07, 6.45) is 3.08. The van der Waals surface area contributed by atoms with Gasteiger partial charge in [-0.05, 0) is 42.3 Å². The van der Waals surface area contributed by atoms with Gasteiger partial charge < -0.3 is 14.0 Å². The number of halogens is 1. The minimum absolute atomic E-state index is 0.730. The third-order valence-electron chi connectivity index (χ3n) is 5.13. The summed E-state index contributed by atoms with van der Waals surface area (Å²) in [5.74, 6) is 0.901. The highest BCUT2D eigenvalue weighted by molar-refractivity contribution is 6.34. The fraction of sp³-hybridized carbons (Fsp3) is 0.364. The lowest BCUT2D eigenvalue weighted by Gasteiger charge is -2.26. The van der Waals surface area contributed by atoms with Gasteiger partial charge in [0.05, 0.1) is 24.8 Å². The number of nitrogens with zero attached hydrogens (tertiary/aromatic N) is 2. The maximum atomic E-state index is 6.52. The van der Waals surface area contributed by atoms with Gasteiger partial charge in [0.1, 0.15) is 5.75 Å². The summed E-state index contributed by atoms with van der Waals surface area (Å²) < 4.78 is 13.4. The standard InChI is InChI=1S/C22H25ClN2O2/c1-24-9-7-18-15-20(21(23)16-22(18)24)17-3-5-19(6-4-17)27-12-2-8-25-10-13-26-14-11-25/h3-7,9,15-16H,2,8,10-14H2,1H3. The number of ether oxygens (including phenoxy) is 2. The van der Waals surface area contributed by atoms with E-state index in [1.54, 1.807) is 0 Å². The summed E-state index contributed by atoms with van der Waals surface area (Å²) >= 11 is 6.52. The van der Waals surface area contributed by atoms with Crippen LogP contribution in [0, 0.1) is 0 Å². The normalized spacial score (nSPS) is 15.3. The van der Waals surface area contributed by atoms with Crippen molar-refractivity contribution < 1.29 is 9.47 Å². The molecule has 142 valence electrons. The smallest absolute Gasteiger partial charge is 0.119 e. The summed E-state index contributed by atoms with van der Waals surface area (Å²) in [4.78, 5) is 2.43. The average molecular weight is 385 g/mol. The molecular weight excluding hydrogens is 360 g/mol. The molecule has 0 atom stereocenters. The van der Waals surface area contributed by atoms with E-state index in [9.17, 15) is 0 Å². The first kappa shape index (κ1) is 18.4. The molecule has 1 aromatic heterocycles. The summed E-state index contributed by atoms with van der Waals surface area (Å²) in [6.45, 7) is 5.54. The monoisotopic (exact) mass is 384 g/mol. The van der Waals surface area contributed by atoms with Gasteiger partial charge in [0.15, 0.2) is 0 Å². The summed E-state index contributed by atoms with van der Waals surface area (Å²) in [7, 11) is 2.03. The van der Waals surface area contributed by atoms with Crippen LogP contribution in [0.15, 0.2) is 48.7 Å². The van der Waals surface area contributed by atoms with E-state index in [2.05, 4.69) is 39.9 Å². The highest BCUT2D eigenvalue weighted by Crippen LogP contribution is 2.33. The highest BCUT2D eigenvalue weighted by atomic mass is 35.5. The lowest BCUT2D eigenvalue weighted by molar-refractivity contribution is 0.0358. The molecule has 0 N–H and O–H groups in total. The zero-order valence-electron chi connectivity index (χ0n) is 15.7. The van der Waals surface area contributed by atoms with Gasteiger partial charge in [0, 0.05) is 49.3 Å². The lowest BCUT2D eigenvalue weighted by Crippen LogP contribution is -2.37. The SMILES string of the molecule is Cn1ccc2cc(-c3ccc(OCCCN4CCOCC4)cc3)c(Cl)cc21. The molecule has 1 fully saturated rings. The summed E-state index contributed by atoms with van der Waals surface area (Å²) in [6, 6.07) is 14.5. The molecule has 0 aliphatic carbocycles. The molecular formula is C22H25ClN2O2. The van der Waals surface area contributed by atoms with E-state index >= 15 is 0 Å². The number of aryl methyl sites for hydroxylation is 1. The molecule has 5 heteroatoms. The molecule has 1 aliphatic rings. The van der Waals surface area contributed by atoms with Crippen molar-refractivity contribution in [3.63, 3.8) is 0 Å². The molecule has 27 heavy (non-hydrogen) atoms. The van der Waals surface area contributed by atoms with Gasteiger partial charge in [0.2, 0.25) is 0 Å². The van der Waals surface area contributed by atoms with Gasteiger partial charge in [-0.25, -0.2) is 0 Å². The minimum atomic E-state index is 0.730. The summed E-state index contributed by atoms with van der Waals surface area (Å²) in [5, 5.41) is 1.96. The van der Waals surface area contributed by atoms with Crippen LogP contribution in [0.4, 0.5) is 0 Å². The van der Waals surface area contributed by atoms with Crippen LogP contribution in [0.25, 0.3) is 22.0 Å². The van der Waals surface area contributed by atoms with E-state index in [4.69, 9.17) is 21.1 Å². The molecule has 2 aromatic carbocycles. The fourth-order valence-corrected chi connectivity index (χ4v) is 3.81. The fourth-order valence-electron chi connectivity index (χ4n) is 3.55. The van der Waals surface area contributed by atoms with Crippen molar-refractivity contribution in [1.29, 1.82) is 0 Å². The molecule has 0 saturated carbocycles. The second-order valence-electron chi connectivity index (χ2n) is 7.00. The van der Waals surface area contributed by atoms with E-state index < -0.39 is 0 Å². The first-order valence-electron chi connectivity index (χ1n) is 9.48. The van der Waals surface area contributed by atoms with Crippen LogP contribution in [0.2, 0.25) is 5.02 Å². The second kappa shape index (κ2) is 8.34. The molecule has 2 heterocycles. The van der Waals surface area contributed by atoms with Crippen LogP contribution in [0.5, 0.6) is 5.75 Å². The number of rotatable bonds is 6. The molecule has 0 spiro atoms. The molecule has 4 nitrogen and oxygen atoms in total. The van der Waals surface area contributed by atoms with E-state index in [1.807, 2.05) is 25.2 Å². The van der Waals surface area contributed by atoms with Gasteiger partial charge in [-0.1, -0.05) is 23.7 Å². The molecule has 0 radical (unpaired) electrons. The van der Waals surface area contributed by atoms with Crippen molar-refractivity contribution in [3.8, 4) is 16.9 Å². The van der Waals surface area contributed by atoms with Crippen LogP contribution in [-0.4, -0.2) is 48.9 Å². The number of hydrogen-bond acceptors (Lipinski definition) is 3. The topological polar surface area (TPSA) is 26.6 Å². The van der Waals surface area contributed by atoms with E-state index in [-0.39, 0.29) is 0 Å². The van der Waals surface area contributed by atoms with Crippen molar-refractivity contribution in [3.05, 3.63) is 53.7 Å². The number of benzene rings is 2. The Morgan fingerprint density at radius 2 is 1.85 bits per heavy atom. The molecule has 0 unspecified atom stereocenters. The Morgan fingerprint density at radius 1 is 1.07 bits per heavy atom. The van der Waals surface area contributed by atoms with Crippen LogP contribution < -0.4 is 4.74 Å². The van der Waals surface area contributed by atoms with Crippen molar-refractivity contribution in [2.45, 2.75) is 6.42 Å². The Kier molecular flexibility index (Phi) is 5.67. The molecule has 1 saturated heterocycles.